The minimum atomic E-state index is -0.266. The summed E-state index contributed by atoms with van der Waals surface area (Å²) in [7, 11) is 1.75. The Labute approximate surface area is 141 Å². The van der Waals surface area contributed by atoms with E-state index < -0.39 is 0 Å². The summed E-state index contributed by atoms with van der Waals surface area (Å²) in [5, 5.41) is 9.27. The molecule has 0 saturated heterocycles. The third-order valence-electron chi connectivity index (χ3n) is 4.45. The molecule has 0 amide bonds. The lowest BCUT2D eigenvalue weighted by atomic mass is 9.96. The van der Waals surface area contributed by atoms with Crippen molar-refractivity contribution in [1.29, 1.82) is 0 Å². The van der Waals surface area contributed by atoms with Crippen molar-refractivity contribution >= 4 is 0 Å². The fourth-order valence-electron chi connectivity index (χ4n) is 2.27. The van der Waals surface area contributed by atoms with E-state index in [1.165, 1.54) is 11.1 Å². The molecule has 2 heteroatoms. The van der Waals surface area contributed by atoms with Crippen molar-refractivity contribution in [2.45, 2.75) is 51.7 Å². The first kappa shape index (κ1) is 19.4. The molecule has 0 aliphatic carbocycles. The molecule has 126 valence electrons. The SMILES string of the molecule is CC(O)C(C)c1ccccc1.COC(C)C(C)c1ccccc1. The van der Waals surface area contributed by atoms with E-state index in [9.17, 15) is 5.11 Å². The summed E-state index contributed by atoms with van der Waals surface area (Å²) in [6.07, 6.45) is 0.0183. The van der Waals surface area contributed by atoms with Crippen LogP contribution in [0.4, 0.5) is 0 Å². The molecule has 0 radical (unpaired) electrons. The Bertz CT molecular complexity index is 522. The number of ether oxygens (including phenoxy) is 1. The van der Waals surface area contributed by atoms with Gasteiger partial charge in [-0.3, -0.25) is 0 Å². The Hall–Kier alpha value is -1.64. The molecule has 2 nitrogen and oxygen atoms in total. The molecule has 0 spiro atoms. The number of aliphatic hydroxyl groups excluding tert-OH is 1. The van der Waals surface area contributed by atoms with Gasteiger partial charge in [0.15, 0.2) is 0 Å². The number of rotatable bonds is 5. The number of hydrogen-bond acceptors (Lipinski definition) is 2. The summed E-state index contributed by atoms with van der Waals surface area (Å²) < 4.78 is 5.27. The highest BCUT2D eigenvalue weighted by molar-refractivity contribution is 5.20. The summed E-state index contributed by atoms with van der Waals surface area (Å²) in [6, 6.07) is 20.5. The average Bonchev–Trinajstić information content (AvgIpc) is 2.61. The van der Waals surface area contributed by atoms with Gasteiger partial charge in [0.2, 0.25) is 0 Å². The maximum Gasteiger partial charge on any atom is 0.0609 e. The molecule has 2 aromatic carbocycles. The molecule has 0 aromatic heterocycles. The van der Waals surface area contributed by atoms with Crippen LogP contribution >= 0.6 is 0 Å². The number of hydrogen-bond donors (Lipinski definition) is 1. The van der Waals surface area contributed by atoms with Gasteiger partial charge in [0.25, 0.3) is 0 Å². The lowest BCUT2D eigenvalue weighted by Gasteiger charge is -2.18. The molecule has 0 aliphatic heterocycles. The van der Waals surface area contributed by atoms with Crippen molar-refractivity contribution in [2.75, 3.05) is 7.11 Å². The van der Waals surface area contributed by atoms with E-state index in [2.05, 4.69) is 38.1 Å². The average molecular weight is 314 g/mol. The van der Waals surface area contributed by atoms with Gasteiger partial charge in [0, 0.05) is 18.9 Å². The van der Waals surface area contributed by atoms with Gasteiger partial charge >= 0.3 is 0 Å². The fourth-order valence-corrected chi connectivity index (χ4v) is 2.27. The number of methoxy groups -OCH3 is 1. The molecule has 0 saturated carbocycles. The van der Waals surface area contributed by atoms with Crippen LogP contribution in [-0.2, 0) is 4.74 Å². The van der Waals surface area contributed by atoms with Gasteiger partial charge in [0.1, 0.15) is 0 Å². The van der Waals surface area contributed by atoms with E-state index in [4.69, 9.17) is 4.74 Å². The van der Waals surface area contributed by atoms with Gasteiger partial charge < -0.3 is 9.84 Å². The van der Waals surface area contributed by atoms with Crippen molar-refractivity contribution < 1.29 is 9.84 Å². The van der Waals surface area contributed by atoms with E-state index in [0.29, 0.717) is 5.92 Å². The van der Waals surface area contributed by atoms with Crippen LogP contribution in [0, 0.1) is 0 Å². The molecule has 0 bridgehead atoms. The van der Waals surface area contributed by atoms with Crippen LogP contribution in [0.15, 0.2) is 60.7 Å². The summed E-state index contributed by atoms with van der Waals surface area (Å²) in [6.45, 7) is 8.12. The van der Waals surface area contributed by atoms with Gasteiger partial charge in [-0.15, -0.1) is 0 Å². The van der Waals surface area contributed by atoms with Crippen LogP contribution in [0.1, 0.15) is 50.7 Å². The first-order chi connectivity index (χ1) is 11.0. The lowest BCUT2D eigenvalue weighted by molar-refractivity contribution is 0.0990. The summed E-state index contributed by atoms with van der Waals surface area (Å²) in [5.74, 6) is 0.701. The van der Waals surface area contributed by atoms with Gasteiger partial charge in [-0.2, -0.15) is 0 Å². The van der Waals surface area contributed by atoms with E-state index in [1.54, 1.807) is 7.11 Å². The van der Waals surface area contributed by atoms with Crippen LogP contribution in [0.2, 0.25) is 0 Å². The normalized spacial score (nSPS) is 15.7. The molecule has 4 atom stereocenters. The van der Waals surface area contributed by atoms with Gasteiger partial charge in [0.05, 0.1) is 12.2 Å². The molecule has 1 N–H and O–H groups in total. The zero-order valence-electron chi connectivity index (χ0n) is 14.9. The maximum atomic E-state index is 9.27. The fraction of sp³-hybridized carbons (Fsp3) is 0.429. The standard InChI is InChI=1S/C11H16O.C10H14O/c1-9(10(2)12-3)11-7-5-4-6-8-11;1-8(9(2)11)10-6-4-3-5-7-10/h4-10H,1-3H3;3-9,11H,1-2H3. The third-order valence-corrected chi connectivity index (χ3v) is 4.45. The molecule has 0 aliphatic rings. The first-order valence-electron chi connectivity index (χ1n) is 8.28. The molecule has 23 heavy (non-hydrogen) atoms. The van der Waals surface area contributed by atoms with Crippen molar-refractivity contribution in [1.82, 2.24) is 0 Å². The van der Waals surface area contributed by atoms with Crippen molar-refractivity contribution in [3.05, 3.63) is 71.8 Å². The highest BCUT2D eigenvalue weighted by atomic mass is 16.5. The highest BCUT2D eigenvalue weighted by Crippen LogP contribution is 2.20. The molecule has 0 fully saturated rings. The van der Waals surface area contributed by atoms with Crippen LogP contribution in [0.25, 0.3) is 0 Å². The zero-order chi connectivity index (χ0) is 17.2. The monoisotopic (exact) mass is 314 g/mol. The summed E-state index contributed by atoms with van der Waals surface area (Å²) >= 11 is 0. The van der Waals surface area contributed by atoms with E-state index in [0.717, 1.165) is 0 Å². The second-order valence-electron chi connectivity index (χ2n) is 6.08. The maximum absolute atomic E-state index is 9.27. The van der Waals surface area contributed by atoms with Gasteiger partial charge in [-0.05, 0) is 25.0 Å². The zero-order valence-corrected chi connectivity index (χ0v) is 14.9. The van der Waals surface area contributed by atoms with E-state index >= 15 is 0 Å². The van der Waals surface area contributed by atoms with E-state index in [-0.39, 0.29) is 18.1 Å². The lowest BCUT2D eigenvalue weighted by Crippen LogP contribution is -2.13. The quantitative estimate of drug-likeness (QED) is 0.842. The number of aliphatic hydroxyl groups is 1. The minimum Gasteiger partial charge on any atom is -0.393 e. The molecule has 0 heterocycles. The van der Waals surface area contributed by atoms with Crippen molar-refractivity contribution in [3.8, 4) is 0 Å². The minimum absolute atomic E-state index is 0.233. The second-order valence-corrected chi connectivity index (χ2v) is 6.08. The highest BCUT2D eigenvalue weighted by Gasteiger charge is 2.12. The van der Waals surface area contributed by atoms with E-state index in [1.807, 2.05) is 50.2 Å². The Balaban J connectivity index is 0.000000231. The molecule has 2 aromatic rings. The smallest absolute Gasteiger partial charge is 0.0609 e. The molecular weight excluding hydrogens is 284 g/mol. The molecular formula is C21H30O2. The van der Waals surface area contributed by atoms with Crippen LogP contribution in [0.5, 0.6) is 0 Å². The van der Waals surface area contributed by atoms with Gasteiger partial charge in [-0.25, -0.2) is 0 Å². The molecule has 4 unspecified atom stereocenters. The van der Waals surface area contributed by atoms with Crippen LogP contribution < -0.4 is 0 Å². The third kappa shape index (κ3) is 6.55. The predicted molar refractivity (Wildman–Crippen MR) is 97.9 cm³/mol. The summed E-state index contributed by atoms with van der Waals surface area (Å²) in [5.41, 5.74) is 2.54. The van der Waals surface area contributed by atoms with Crippen LogP contribution in [-0.4, -0.2) is 24.4 Å². The Morgan fingerprint density at radius 3 is 1.43 bits per heavy atom. The second kappa shape index (κ2) is 10.2. The van der Waals surface area contributed by atoms with Crippen molar-refractivity contribution in [3.63, 3.8) is 0 Å². The summed E-state index contributed by atoms with van der Waals surface area (Å²) in [4.78, 5) is 0. The Morgan fingerprint density at radius 1 is 0.696 bits per heavy atom. The Kier molecular flexibility index (Phi) is 8.60. The Morgan fingerprint density at radius 2 is 1.09 bits per heavy atom. The number of benzene rings is 2. The first-order valence-corrected chi connectivity index (χ1v) is 8.28. The van der Waals surface area contributed by atoms with Crippen LogP contribution in [0.3, 0.4) is 0 Å². The topological polar surface area (TPSA) is 29.5 Å². The molecule has 2 rings (SSSR count). The predicted octanol–water partition coefficient (Wildman–Crippen LogP) is 5.00. The van der Waals surface area contributed by atoms with Crippen molar-refractivity contribution in [2.24, 2.45) is 0 Å². The largest absolute Gasteiger partial charge is 0.393 e. The van der Waals surface area contributed by atoms with Gasteiger partial charge in [-0.1, -0.05) is 74.5 Å².